The highest BCUT2D eigenvalue weighted by atomic mass is 32.1. The predicted octanol–water partition coefficient (Wildman–Crippen LogP) is 4.94. The van der Waals surface area contributed by atoms with Gasteiger partial charge in [-0.1, -0.05) is 37.3 Å². The summed E-state index contributed by atoms with van der Waals surface area (Å²) in [5.74, 6) is 0.940. The van der Waals surface area contributed by atoms with Crippen molar-refractivity contribution in [1.29, 1.82) is 0 Å². The fourth-order valence-electron chi connectivity index (χ4n) is 2.85. The first kappa shape index (κ1) is 16.4. The lowest BCUT2D eigenvalue weighted by Crippen LogP contribution is -1.96. The molecule has 2 aromatic carbocycles. The summed E-state index contributed by atoms with van der Waals surface area (Å²) >= 11 is 5.27. The molecule has 0 unspecified atom stereocenters. The number of rotatable bonds is 4. The van der Waals surface area contributed by atoms with Crippen LogP contribution in [0.15, 0.2) is 58.0 Å². The zero-order chi connectivity index (χ0) is 18.1. The van der Waals surface area contributed by atoms with Gasteiger partial charge in [-0.15, -0.1) is 0 Å². The highest BCUT2D eigenvalue weighted by Gasteiger charge is 2.12. The molecule has 4 rings (SSSR count). The molecular formula is C19H15FN4OS. The fraction of sp³-hybridized carbons (Fsp3) is 0.105. The molecule has 130 valence electrons. The number of aromatic amines is 1. The standard InChI is InChI=1S/C19H15FN4OS/c1-2-16-15(14-8-3-4-9-17(14)25-16)11-21-24-18(22-23-19(24)26)12-6-5-7-13(20)10-12/h3-11H,2H2,1H3,(H,23,26)/b21-11-. The van der Waals surface area contributed by atoms with Crippen LogP contribution < -0.4 is 0 Å². The predicted molar refractivity (Wildman–Crippen MR) is 101 cm³/mol. The SMILES string of the molecule is CCc1oc2ccccc2c1/C=N\n1c(-c2cccc(F)c2)n[nH]c1=S. The van der Waals surface area contributed by atoms with E-state index in [2.05, 4.69) is 15.3 Å². The molecule has 26 heavy (non-hydrogen) atoms. The van der Waals surface area contributed by atoms with Gasteiger partial charge < -0.3 is 4.42 Å². The lowest BCUT2D eigenvalue weighted by molar-refractivity contribution is 0.556. The van der Waals surface area contributed by atoms with Crippen LogP contribution in [-0.2, 0) is 6.42 Å². The van der Waals surface area contributed by atoms with Crippen molar-refractivity contribution in [2.24, 2.45) is 5.10 Å². The van der Waals surface area contributed by atoms with Gasteiger partial charge in [0.05, 0.1) is 6.21 Å². The van der Waals surface area contributed by atoms with Gasteiger partial charge in [-0.3, -0.25) is 0 Å². The second-order valence-electron chi connectivity index (χ2n) is 5.71. The molecule has 0 aliphatic rings. The second kappa shape index (κ2) is 6.68. The number of nitrogens with one attached hydrogen (secondary N) is 1. The Kier molecular flexibility index (Phi) is 4.22. The zero-order valence-electron chi connectivity index (χ0n) is 13.9. The average molecular weight is 366 g/mol. The van der Waals surface area contributed by atoms with E-state index in [4.69, 9.17) is 16.6 Å². The quantitative estimate of drug-likeness (QED) is 0.411. The number of aryl methyl sites for hydroxylation is 1. The van der Waals surface area contributed by atoms with Crippen molar-refractivity contribution in [3.05, 3.63) is 70.4 Å². The number of halogens is 1. The van der Waals surface area contributed by atoms with E-state index in [0.29, 0.717) is 16.2 Å². The van der Waals surface area contributed by atoms with E-state index in [-0.39, 0.29) is 5.82 Å². The first-order valence-electron chi connectivity index (χ1n) is 8.15. The van der Waals surface area contributed by atoms with Gasteiger partial charge in [-0.2, -0.15) is 14.9 Å². The Bertz CT molecular complexity index is 1170. The number of benzene rings is 2. The summed E-state index contributed by atoms with van der Waals surface area (Å²) in [6.45, 7) is 2.02. The molecule has 7 heteroatoms. The fourth-order valence-corrected chi connectivity index (χ4v) is 3.03. The number of aromatic nitrogens is 3. The van der Waals surface area contributed by atoms with Crippen LogP contribution in [0.2, 0.25) is 0 Å². The van der Waals surface area contributed by atoms with E-state index >= 15 is 0 Å². The van der Waals surface area contributed by atoms with Crippen molar-refractivity contribution >= 4 is 29.4 Å². The van der Waals surface area contributed by atoms with E-state index in [1.807, 2.05) is 31.2 Å². The first-order valence-corrected chi connectivity index (χ1v) is 8.56. The van der Waals surface area contributed by atoms with Crippen LogP contribution in [-0.4, -0.2) is 21.1 Å². The Balaban J connectivity index is 1.82. The summed E-state index contributed by atoms with van der Waals surface area (Å²) in [4.78, 5) is 0. The highest BCUT2D eigenvalue weighted by molar-refractivity contribution is 7.71. The summed E-state index contributed by atoms with van der Waals surface area (Å²) in [5, 5.41) is 12.3. The maximum atomic E-state index is 13.5. The van der Waals surface area contributed by atoms with Gasteiger partial charge in [0.1, 0.15) is 17.2 Å². The third-order valence-corrected chi connectivity index (χ3v) is 4.33. The summed E-state index contributed by atoms with van der Waals surface area (Å²) < 4.78 is 21.2. The van der Waals surface area contributed by atoms with E-state index in [0.717, 1.165) is 28.7 Å². The minimum Gasteiger partial charge on any atom is -0.460 e. The molecule has 0 aliphatic carbocycles. The van der Waals surface area contributed by atoms with Crippen molar-refractivity contribution in [3.63, 3.8) is 0 Å². The second-order valence-corrected chi connectivity index (χ2v) is 6.09. The van der Waals surface area contributed by atoms with Gasteiger partial charge in [-0.25, -0.2) is 9.49 Å². The largest absolute Gasteiger partial charge is 0.460 e. The van der Waals surface area contributed by atoms with Gasteiger partial charge >= 0.3 is 0 Å². The lowest BCUT2D eigenvalue weighted by Gasteiger charge is -2.01. The summed E-state index contributed by atoms with van der Waals surface area (Å²) in [7, 11) is 0. The molecule has 0 radical (unpaired) electrons. The van der Waals surface area contributed by atoms with Crippen LogP contribution in [0.3, 0.4) is 0 Å². The molecule has 0 fully saturated rings. The van der Waals surface area contributed by atoms with E-state index in [1.54, 1.807) is 18.3 Å². The summed E-state index contributed by atoms with van der Waals surface area (Å²) in [5.41, 5.74) is 2.30. The molecule has 0 spiro atoms. The maximum Gasteiger partial charge on any atom is 0.216 e. The molecule has 0 saturated carbocycles. The van der Waals surface area contributed by atoms with Gasteiger partial charge in [0.15, 0.2) is 5.82 Å². The number of hydrogen-bond donors (Lipinski definition) is 1. The molecule has 0 aliphatic heterocycles. The van der Waals surface area contributed by atoms with Crippen LogP contribution >= 0.6 is 12.2 Å². The van der Waals surface area contributed by atoms with Crippen LogP contribution in [0, 0.1) is 10.6 Å². The maximum absolute atomic E-state index is 13.5. The van der Waals surface area contributed by atoms with E-state index < -0.39 is 0 Å². The monoisotopic (exact) mass is 366 g/mol. The van der Waals surface area contributed by atoms with Crippen LogP contribution in [0.4, 0.5) is 4.39 Å². The third-order valence-electron chi connectivity index (χ3n) is 4.07. The average Bonchev–Trinajstić information content (AvgIpc) is 3.20. The van der Waals surface area contributed by atoms with Crippen LogP contribution in [0.25, 0.3) is 22.4 Å². The van der Waals surface area contributed by atoms with Crippen molar-refractivity contribution in [2.75, 3.05) is 0 Å². The number of H-pyrrole nitrogens is 1. The molecule has 2 heterocycles. The van der Waals surface area contributed by atoms with Crippen molar-refractivity contribution < 1.29 is 8.81 Å². The topological polar surface area (TPSA) is 59.1 Å². The molecule has 5 nitrogen and oxygen atoms in total. The number of hydrogen-bond acceptors (Lipinski definition) is 4. The lowest BCUT2D eigenvalue weighted by atomic mass is 10.1. The molecule has 0 amide bonds. The van der Waals surface area contributed by atoms with Crippen molar-refractivity contribution in [1.82, 2.24) is 14.9 Å². The number of fused-ring (bicyclic) bond motifs is 1. The molecular weight excluding hydrogens is 351 g/mol. The number of nitrogens with zero attached hydrogens (tertiary/aromatic N) is 3. The molecule has 4 aromatic rings. The van der Waals surface area contributed by atoms with Gasteiger partial charge in [0.2, 0.25) is 4.77 Å². The first-order chi connectivity index (χ1) is 12.7. The Labute approximate surface area is 153 Å². The minimum absolute atomic E-state index is 0.325. The Hall–Kier alpha value is -3.06. The van der Waals surface area contributed by atoms with Crippen molar-refractivity contribution in [2.45, 2.75) is 13.3 Å². The Morgan fingerprint density at radius 1 is 1.27 bits per heavy atom. The normalized spacial score (nSPS) is 11.6. The van der Waals surface area contributed by atoms with Gasteiger partial charge in [0, 0.05) is 22.9 Å². The van der Waals surface area contributed by atoms with Crippen LogP contribution in [0.5, 0.6) is 0 Å². The molecule has 1 N–H and O–H groups in total. The minimum atomic E-state index is -0.346. The zero-order valence-corrected chi connectivity index (χ0v) is 14.8. The van der Waals surface area contributed by atoms with Gasteiger partial charge in [-0.05, 0) is 30.4 Å². The van der Waals surface area contributed by atoms with Gasteiger partial charge in [0.25, 0.3) is 0 Å². The number of furan rings is 1. The van der Waals surface area contributed by atoms with E-state index in [1.165, 1.54) is 16.8 Å². The molecule has 0 atom stereocenters. The Morgan fingerprint density at radius 3 is 2.92 bits per heavy atom. The third kappa shape index (κ3) is 2.86. The summed E-state index contributed by atoms with van der Waals surface area (Å²) in [6, 6.07) is 13.9. The Morgan fingerprint density at radius 2 is 2.12 bits per heavy atom. The van der Waals surface area contributed by atoms with Crippen molar-refractivity contribution in [3.8, 4) is 11.4 Å². The smallest absolute Gasteiger partial charge is 0.216 e. The molecule has 2 aromatic heterocycles. The van der Waals surface area contributed by atoms with E-state index in [9.17, 15) is 4.39 Å². The summed E-state index contributed by atoms with van der Waals surface area (Å²) in [6.07, 6.45) is 2.45. The molecule has 0 saturated heterocycles. The van der Waals surface area contributed by atoms with Crippen LogP contribution in [0.1, 0.15) is 18.2 Å². The molecule has 0 bridgehead atoms. The number of para-hydroxylation sites is 1. The highest BCUT2D eigenvalue weighted by Crippen LogP contribution is 2.25.